The molecule has 0 aliphatic heterocycles. The van der Waals surface area contributed by atoms with E-state index in [-0.39, 0.29) is 17.4 Å². The Morgan fingerprint density at radius 3 is 1.47 bits per heavy atom. The van der Waals surface area contributed by atoms with Gasteiger partial charge in [-0.2, -0.15) is 0 Å². The predicted molar refractivity (Wildman–Crippen MR) is 145 cm³/mol. The summed E-state index contributed by atoms with van der Waals surface area (Å²) in [4.78, 5) is 12.8. The average Bonchev–Trinajstić information content (AvgIpc) is 2.94. The molecule has 0 saturated heterocycles. The van der Waals surface area contributed by atoms with Crippen LogP contribution in [0.25, 0.3) is 11.3 Å². The maximum Gasteiger partial charge on any atom is 0 e. The molecular weight excluding hydrogens is 536 g/mol. The summed E-state index contributed by atoms with van der Waals surface area (Å²) in [6.45, 7) is 27.0. The number of ether oxygens (including phenoxy) is 2. The van der Waals surface area contributed by atoms with Gasteiger partial charge in [0.05, 0.1) is 14.2 Å². The molecule has 0 heterocycles. The SMILES string of the molecule is CO/C(=C(/C(=C=O)[Si](C(C)C)(C(C)C)C(C)C)c1ccccc1)c1ccc(OC)cc1.[C-]#[O+].[C-]#[O+].[C-]#[O+].[Cr]. The average molecular weight is 573 g/mol. The van der Waals surface area contributed by atoms with Crippen LogP contribution in [0, 0.1) is 20.0 Å². The summed E-state index contributed by atoms with van der Waals surface area (Å²) in [6, 6.07) is 17.9. The van der Waals surface area contributed by atoms with Gasteiger partial charge in [0.15, 0.2) is 0 Å². The minimum Gasteiger partial charge on any atom is 0 e. The van der Waals surface area contributed by atoms with E-state index < -0.39 is 8.07 Å². The van der Waals surface area contributed by atoms with Crippen LogP contribution in [0.2, 0.25) is 16.6 Å². The van der Waals surface area contributed by atoms with E-state index in [1.54, 1.807) is 14.2 Å². The largest absolute Gasteiger partial charge is 0 e. The van der Waals surface area contributed by atoms with Crippen LogP contribution in [0.15, 0.2) is 59.8 Å². The zero-order valence-electron chi connectivity index (χ0n) is 23.3. The number of carbonyl (C=O) groups excluding carboxylic acids is 1. The topological polar surface area (TPSA) is 95.2 Å². The molecule has 0 aliphatic carbocycles. The molecule has 0 spiro atoms. The van der Waals surface area contributed by atoms with Crippen molar-refractivity contribution in [1.29, 1.82) is 0 Å². The fourth-order valence-electron chi connectivity index (χ4n) is 5.32. The molecular formula is C30H36CrO6Si. The molecule has 0 aliphatic rings. The Labute approximate surface area is 239 Å². The number of allylic oxidation sites excluding steroid dienone is 2. The summed E-state index contributed by atoms with van der Waals surface area (Å²) in [6.07, 6.45) is 0. The second-order valence-electron chi connectivity index (χ2n) is 8.88. The van der Waals surface area contributed by atoms with Crippen molar-refractivity contribution in [3.8, 4) is 5.75 Å². The number of rotatable bonds is 9. The van der Waals surface area contributed by atoms with Gasteiger partial charge in [-0.15, -0.1) is 0 Å². The second kappa shape index (κ2) is 21.2. The molecule has 0 N–H and O–H groups in total. The van der Waals surface area contributed by atoms with Crippen LogP contribution >= 0.6 is 0 Å². The second-order valence-corrected chi connectivity index (χ2v) is 14.7. The first-order valence-electron chi connectivity index (χ1n) is 11.6. The molecule has 2 rings (SSSR count). The Bertz CT molecular complexity index is 1040. The molecule has 0 bridgehead atoms. The summed E-state index contributed by atoms with van der Waals surface area (Å²) in [5.74, 6) is 3.94. The number of methoxy groups -OCH3 is 2. The van der Waals surface area contributed by atoms with Crippen LogP contribution < -0.4 is 4.74 Å². The van der Waals surface area contributed by atoms with Crippen molar-refractivity contribution in [3.63, 3.8) is 0 Å². The zero-order valence-corrected chi connectivity index (χ0v) is 25.6. The van der Waals surface area contributed by atoms with E-state index in [1.165, 1.54) is 0 Å². The number of hydrogen-bond donors (Lipinski definition) is 0. The molecule has 38 heavy (non-hydrogen) atoms. The van der Waals surface area contributed by atoms with Crippen molar-refractivity contribution in [3.05, 3.63) is 90.9 Å². The molecule has 0 aromatic heterocycles. The summed E-state index contributed by atoms with van der Waals surface area (Å²) >= 11 is 0. The smallest absolute Gasteiger partial charge is 0 e. The van der Waals surface area contributed by atoms with Crippen molar-refractivity contribution in [2.75, 3.05) is 14.2 Å². The van der Waals surface area contributed by atoms with Crippen LogP contribution in [0.3, 0.4) is 0 Å². The first-order valence-corrected chi connectivity index (χ1v) is 13.8. The molecule has 0 radical (unpaired) electrons. The van der Waals surface area contributed by atoms with Gasteiger partial charge >= 0.3 is 33.9 Å². The molecule has 8 heteroatoms. The van der Waals surface area contributed by atoms with Gasteiger partial charge in [0.2, 0.25) is 0 Å². The third-order valence-electron chi connectivity index (χ3n) is 6.50. The minimum absolute atomic E-state index is 0. The molecule has 0 unspecified atom stereocenters. The van der Waals surface area contributed by atoms with Gasteiger partial charge in [0, 0.05) is 33.7 Å². The van der Waals surface area contributed by atoms with Gasteiger partial charge in [0.1, 0.15) is 25.5 Å². The summed E-state index contributed by atoms with van der Waals surface area (Å²) in [7, 11) is 1.02. The van der Waals surface area contributed by atoms with E-state index in [0.29, 0.717) is 22.4 Å². The first-order chi connectivity index (χ1) is 17.7. The molecule has 6 nitrogen and oxygen atoms in total. The first kappa shape index (κ1) is 39.7. The van der Waals surface area contributed by atoms with Crippen LogP contribution in [0.5, 0.6) is 5.75 Å². The maximum absolute atomic E-state index is 12.8. The molecule has 202 valence electrons. The Morgan fingerprint density at radius 1 is 0.737 bits per heavy atom. The van der Waals surface area contributed by atoms with E-state index >= 15 is 0 Å². The zero-order chi connectivity index (χ0) is 29.2. The third kappa shape index (κ3) is 9.19. The summed E-state index contributed by atoms with van der Waals surface area (Å²) in [5, 5.41) is 0.811. The molecule has 0 atom stereocenters. The Morgan fingerprint density at radius 2 is 1.16 bits per heavy atom. The van der Waals surface area contributed by atoms with Crippen LogP contribution in [-0.4, -0.2) is 28.2 Å². The Kier molecular flexibility index (Phi) is 22.1. The van der Waals surface area contributed by atoms with Gasteiger partial charge in [0.25, 0.3) is 0 Å². The molecule has 0 amide bonds. The maximum atomic E-state index is 12.8. The van der Waals surface area contributed by atoms with E-state index in [9.17, 15) is 4.79 Å². The van der Waals surface area contributed by atoms with Gasteiger partial charge in [-0.3, -0.25) is 0 Å². The van der Waals surface area contributed by atoms with Crippen molar-refractivity contribution >= 4 is 25.3 Å². The fraction of sp³-hybridized carbons (Fsp3) is 0.367. The molecule has 0 fully saturated rings. The quantitative estimate of drug-likeness (QED) is 0.0612. The molecule has 2 aromatic rings. The number of hydrogen-bond acceptors (Lipinski definition) is 3. The summed E-state index contributed by atoms with van der Waals surface area (Å²) < 4.78 is 33.8. The Hall–Kier alpha value is -2.80. The van der Waals surface area contributed by atoms with Crippen LogP contribution in [0.4, 0.5) is 0 Å². The van der Waals surface area contributed by atoms with Gasteiger partial charge in [-0.05, 0) is 46.5 Å². The minimum atomic E-state index is -2.30. The third-order valence-corrected chi connectivity index (χ3v) is 13.4. The normalized spacial score (nSPS) is 10.4. The van der Waals surface area contributed by atoms with Gasteiger partial charge in [-0.1, -0.05) is 71.9 Å². The van der Waals surface area contributed by atoms with Crippen molar-refractivity contribution in [2.24, 2.45) is 0 Å². The monoisotopic (exact) mass is 572 g/mol. The van der Waals surface area contributed by atoms with E-state index in [1.807, 2.05) is 42.5 Å². The molecule has 2 aromatic carbocycles. The summed E-state index contributed by atoms with van der Waals surface area (Å²) in [5.41, 5.74) is 3.87. The van der Waals surface area contributed by atoms with Gasteiger partial charge in [-0.25, -0.2) is 4.79 Å². The Balaban J connectivity index is -0.00000163. The number of benzene rings is 2. The van der Waals surface area contributed by atoms with Gasteiger partial charge < -0.3 is 9.47 Å². The van der Waals surface area contributed by atoms with Crippen molar-refractivity contribution in [1.82, 2.24) is 0 Å². The van der Waals surface area contributed by atoms with E-state index in [0.717, 1.165) is 27.6 Å². The predicted octanol–water partition coefficient (Wildman–Crippen LogP) is 7.07. The van der Waals surface area contributed by atoms with Crippen molar-refractivity contribution in [2.45, 2.75) is 58.2 Å². The van der Waals surface area contributed by atoms with Crippen LogP contribution in [-0.2, 0) is 40.8 Å². The standard InChI is InChI=1S/C27H36O3Si.3CO.Cr/c1-19(2)31(20(3)4,21(5)6)25(18-28)26(22-12-10-9-11-13-22)27(30-8)23-14-16-24(29-7)17-15-23;3*1-2;/h9-17,19-21H,1-8H3;;;;/b27-26+;;;;. The molecule has 0 saturated carbocycles. The fourth-order valence-corrected chi connectivity index (χ4v) is 11.9. The van der Waals surface area contributed by atoms with E-state index in [2.05, 4.69) is 79.6 Å². The van der Waals surface area contributed by atoms with E-state index in [4.69, 9.17) is 23.4 Å². The van der Waals surface area contributed by atoms with Crippen LogP contribution in [0.1, 0.15) is 52.7 Å². The van der Waals surface area contributed by atoms with Crippen molar-refractivity contribution < 1.29 is 45.6 Å².